The van der Waals surface area contributed by atoms with Gasteiger partial charge in [0.2, 0.25) is 0 Å². The zero-order valence-corrected chi connectivity index (χ0v) is 9.33. The Balaban J connectivity index is 2.50. The van der Waals surface area contributed by atoms with Gasteiger partial charge < -0.3 is 0 Å². The Morgan fingerprint density at radius 1 is 1.00 bits per heavy atom. The molecule has 3 aromatic rings. The number of nitrogens with one attached hydrogen (secondary N) is 1. The van der Waals surface area contributed by atoms with E-state index in [0.717, 1.165) is 0 Å². The fourth-order valence-corrected chi connectivity index (χ4v) is 1.89. The van der Waals surface area contributed by atoms with E-state index < -0.39 is 11.2 Å². The molecular formula is C13H9N3O2. The molecule has 5 nitrogen and oxygen atoms in total. The quantitative estimate of drug-likeness (QED) is 0.690. The molecule has 2 aromatic heterocycles. The maximum absolute atomic E-state index is 11.9. The molecule has 0 aliphatic rings. The number of rotatable bonds is 1. The molecule has 0 spiro atoms. The lowest BCUT2D eigenvalue weighted by Crippen LogP contribution is -2.29. The minimum Gasteiger partial charge on any atom is -0.273 e. The number of fused-ring (bicyclic) bond motifs is 1. The summed E-state index contributed by atoms with van der Waals surface area (Å²) in [6.07, 6.45) is 1.56. The second-order valence-electron chi connectivity index (χ2n) is 3.80. The molecule has 88 valence electrons. The third-order valence-corrected chi connectivity index (χ3v) is 2.68. The molecule has 5 heteroatoms. The number of benzene rings is 1. The third kappa shape index (κ3) is 1.53. The average molecular weight is 239 g/mol. The monoisotopic (exact) mass is 239 g/mol. The van der Waals surface area contributed by atoms with E-state index in [1.807, 2.05) is 18.2 Å². The van der Waals surface area contributed by atoms with Crippen LogP contribution in [0, 0.1) is 0 Å². The summed E-state index contributed by atoms with van der Waals surface area (Å²) in [4.78, 5) is 30.0. The summed E-state index contributed by atoms with van der Waals surface area (Å²) >= 11 is 0. The van der Waals surface area contributed by atoms with Crippen molar-refractivity contribution in [2.45, 2.75) is 0 Å². The van der Waals surface area contributed by atoms with Gasteiger partial charge in [0.05, 0.1) is 11.1 Å². The predicted molar refractivity (Wildman–Crippen MR) is 68.0 cm³/mol. The summed E-state index contributed by atoms with van der Waals surface area (Å²) in [5.41, 5.74) is 0.118. The lowest BCUT2D eigenvalue weighted by molar-refractivity contribution is 0.925. The van der Waals surface area contributed by atoms with Crippen LogP contribution in [-0.2, 0) is 0 Å². The Kier molecular flexibility index (Phi) is 2.30. The molecule has 0 bridgehead atoms. The molecule has 0 amide bonds. The van der Waals surface area contributed by atoms with Gasteiger partial charge in [-0.3, -0.25) is 9.78 Å². The lowest BCUT2D eigenvalue weighted by Gasteiger charge is -2.07. The SMILES string of the molecule is O=c1[nH]c(=O)n(-c2ccccc2)c2ncccc12. The van der Waals surface area contributed by atoms with Crippen molar-refractivity contribution in [2.24, 2.45) is 0 Å². The van der Waals surface area contributed by atoms with Crippen molar-refractivity contribution in [2.75, 3.05) is 0 Å². The van der Waals surface area contributed by atoms with E-state index in [-0.39, 0.29) is 0 Å². The molecule has 18 heavy (non-hydrogen) atoms. The van der Waals surface area contributed by atoms with E-state index in [9.17, 15) is 9.59 Å². The zero-order valence-electron chi connectivity index (χ0n) is 9.33. The molecule has 0 atom stereocenters. The van der Waals surface area contributed by atoms with Gasteiger partial charge in [-0.2, -0.15) is 0 Å². The highest BCUT2D eigenvalue weighted by Crippen LogP contribution is 2.09. The number of hydrogen-bond acceptors (Lipinski definition) is 3. The van der Waals surface area contributed by atoms with Gasteiger partial charge in [0.25, 0.3) is 5.56 Å². The molecule has 1 aromatic carbocycles. The van der Waals surface area contributed by atoms with Crippen molar-refractivity contribution in [1.29, 1.82) is 0 Å². The highest BCUT2D eigenvalue weighted by atomic mass is 16.2. The second-order valence-corrected chi connectivity index (χ2v) is 3.80. The van der Waals surface area contributed by atoms with Crippen LogP contribution in [0.15, 0.2) is 58.3 Å². The Bertz CT molecular complexity index is 819. The fourth-order valence-electron chi connectivity index (χ4n) is 1.89. The van der Waals surface area contributed by atoms with Crippen LogP contribution >= 0.6 is 0 Å². The molecule has 2 heterocycles. The van der Waals surface area contributed by atoms with Gasteiger partial charge in [-0.15, -0.1) is 0 Å². The number of aromatic nitrogens is 3. The molecule has 0 aliphatic heterocycles. The van der Waals surface area contributed by atoms with Gasteiger partial charge in [0.15, 0.2) is 5.65 Å². The van der Waals surface area contributed by atoms with Crippen LogP contribution in [0.25, 0.3) is 16.7 Å². The van der Waals surface area contributed by atoms with Gasteiger partial charge >= 0.3 is 5.69 Å². The average Bonchev–Trinajstić information content (AvgIpc) is 2.40. The third-order valence-electron chi connectivity index (χ3n) is 2.68. The van der Waals surface area contributed by atoms with Crippen LogP contribution in [0.5, 0.6) is 0 Å². The summed E-state index contributed by atoms with van der Waals surface area (Å²) in [5.74, 6) is 0. The molecule has 0 radical (unpaired) electrons. The molecule has 3 rings (SSSR count). The first kappa shape index (κ1) is 10.5. The number of para-hydroxylation sites is 1. The first-order chi connectivity index (χ1) is 8.77. The minimum absolute atomic E-state index is 0.359. The normalized spacial score (nSPS) is 10.7. The lowest BCUT2D eigenvalue weighted by atomic mass is 10.3. The highest BCUT2D eigenvalue weighted by molar-refractivity contribution is 5.75. The second kappa shape index (κ2) is 3.96. The van der Waals surface area contributed by atoms with E-state index in [4.69, 9.17) is 0 Å². The van der Waals surface area contributed by atoms with Crippen LogP contribution in [-0.4, -0.2) is 14.5 Å². The summed E-state index contributed by atoms with van der Waals surface area (Å²) in [5, 5.41) is 0.390. The number of hydrogen-bond donors (Lipinski definition) is 1. The van der Waals surface area contributed by atoms with Gasteiger partial charge in [0, 0.05) is 6.20 Å². The summed E-state index contributed by atoms with van der Waals surface area (Å²) in [6.45, 7) is 0. The van der Waals surface area contributed by atoms with E-state index >= 15 is 0 Å². The maximum Gasteiger partial charge on any atom is 0.334 e. The first-order valence-electron chi connectivity index (χ1n) is 5.43. The standard InChI is InChI=1S/C13H9N3O2/c17-12-10-7-4-8-14-11(10)16(13(18)15-12)9-5-2-1-3-6-9/h1-8H,(H,15,17,18). The fraction of sp³-hybridized carbons (Fsp3) is 0. The van der Waals surface area contributed by atoms with Crippen LogP contribution in [0.1, 0.15) is 0 Å². The largest absolute Gasteiger partial charge is 0.334 e. The van der Waals surface area contributed by atoms with Crippen LogP contribution in [0.2, 0.25) is 0 Å². The summed E-state index contributed by atoms with van der Waals surface area (Å²) < 4.78 is 1.39. The maximum atomic E-state index is 11.9. The van der Waals surface area contributed by atoms with E-state index in [2.05, 4.69) is 9.97 Å². The van der Waals surface area contributed by atoms with E-state index in [1.54, 1.807) is 30.5 Å². The Labute approximate surface area is 101 Å². The number of H-pyrrole nitrogens is 1. The van der Waals surface area contributed by atoms with E-state index in [1.165, 1.54) is 4.57 Å². The van der Waals surface area contributed by atoms with Crippen LogP contribution < -0.4 is 11.2 Å². The Morgan fingerprint density at radius 3 is 2.56 bits per heavy atom. The highest BCUT2D eigenvalue weighted by Gasteiger charge is 2.08. The molecule has 0 unspecified atom stereocenters. The van der Waals surface area contributed by atoms with Gasteiger partial charge in [0.1, 0.15) is 0 Å². The van der Waals surface area contributed by atoms with Crippen molar-refractivity contribution in [1.82, 2.24) is 14.5 Å². The number of nitrogens with zero attached hydrogens (tertiary/aromatic N) is 2. The molecule has 1 N–H and O–H groups in total. The van der Waals surface area contributed by atoms with Crippen molar-refractivity contribution in [3.63, 3.8) is 0 Å². The molecule has 0 fully saturated rings. The Hall–Kier alpha value is -2.69. The minimum atomic E-state index is -0.489. The number of pyridine rings is 1. The van der Waals surface area contributed by atoms with Crippen molar-refractivity contribution >= 4 is 11.0 Å². The molecular weight excluding hydrogens is 230 g/mol. The van der Waals surface area contributed by atoms with Gasteiger partial charge in [-0.25, -0.2) is 14.3 Å². The van der Waals surface area contributed by atoms with Crippen molar-refractivity contribution in [3.05, 3.63) is 69.5 Å². The van der Waals surface area contributed by atoms with Crippen molar-refractivity contribution in [3.8, 4) is 5.69 Å². The number of aromatic amines is 1. The van der Waals surface area contributed by atoms with E-state index in [0.29, 0.717) is 16.7 Å². The summed E-state index contributed by atoms with van der Waals surface area (Å²) in [6, 6.07) is 12.4. The molecule has 0 saturated carbocycles. The summed E-state index contributed by atoms with van der Waals surface area (Å²) in [7, 11) is 0. The van der Waals surface area contributed by atoms with Gasteiger partial charge in [-0.1, -0.05) is 18.2 Å². The zero-order chi connectivity index (χ0) is 12.5. The smallest absolute Gasteiger partial charge is 0.273 e. The first-order valence-corrected chi connectivity index (χ1v) is 5.43. The van der Waals surface area contributed by atoms with Crippen LogP contribution in [0.3, 0.4) is 0 Å². The van der Waals surface area contributed by atoms with Crippen molar-refractivity contribution < 1.29 is 0 Å². The molecule has 0 aliphatic carbocycles. The van der Waals surface area contributed by atoms with Crippen LogP contribution in [0.4, 0.5) is 0 Å². The van der Waals surface area contributed by atoms with Gasteiger partial charge in [-0.05, 0) is 24.3 Å². The Morgan fingerprint density at radius 2 is 1.78 bits per heavy atom. The predicted octanol–water partition coefficient (Wildman–Crippen LogP) is 1.07. The topological polar surface area (TPSA) is 67.8 Å². The molecule has 0 saturated heterocycles.